The second kappa shape index (κ2) is 12.9. The van der Waals surface area contributed by atoms with Crippen molar-refractivity contribution in [1.82, 2.24) is 19.8 Å². The molecule has 1 aromatic heterocycles. The SMILES string of the molecule is Cl.O=C(c1ncn(C2CCCCC2(O)COC2CCC2)c1-c1ccccc1)N1CCNC[C@H]1Cc1ccccc1. The van der Waals surface area contributed by atoms with Crippen molar-refractivity contribution < 1.29 is 14.6 Å². The number of ether oxygens (including phenoxy) is 1. The summed E-state index contributed by atoms with van der Waals surface area (Å²) in [6.07, 6.45) is 9.73. The van der Waals surface area contributed by atoms with Crippen LogP contribution >= 0.6 is 12.4 Å². The van der Waals surface area contributed by atoms with Crippen molar-refractivity contribution in [2.75, 3.05) is 26.2 Å². The fraction of sp³-hybridized carbons (Fsp3) is 0.500. The van der Waals surface area contributed by atoms with Gasteiger partial charge in [0.05, 0.1) is 30.8 Å². The van der Waals surface area contributed by atoms with Gasteiger partial charge in [-0.25, -0.2) is 4.98 Å². The average Bonchev–Trinajstić information content (AvgIpc) is 3.38. The minimum Gasteiger partial charge on any atom is -0.385 e. The molecule has 2 unspecified atom stereocenters. The first-order valence-corrected chi connectivity index (χ1v) is 14.6. The van der Waals surface area contributed by atoms with Crippen molar-refractivity contribution in [2.24, 2.45) is 0 Å². The van der Waals surface area contributed by atoms with E-state index in [4.69, 9.17) is 9.72 Å². The summed E-state index contributed by atoms with van der Waals surface area (Å²) < 4.78 is 8.26. The van der Waals surface area contributed by atoms with Gasteiger partial charge in [-0.15, -0.1) is 12.4 Å². The molecule has 1 amide bonds. The molecule has 2 aliphatic carbocycles. The van der Waals surface area contributed by atoms with E-state index in [1.54, 1.807) is 6.33 Å². The molecular weight excluding hydrogens is 524 g/mol. The van der Waals surface area contributed by atoms with E-state index < -0.39 is 5.60 Å². The molecule has 6 rings (SSSR count). The highest BCUT2D eigenvalue weighted by atomic mass is 35.5. The molecule has 1 saturated heterocycles. The van der Waals surface area contributed by atoms with Crippen molar-refractivity contribution in [1.29, 1.82) is 0 Å². The second-order valence-electron chi connectivity index (χ2n) is 11.5. The van der Waals surface area contributed by atoms with Gasteiger partial charge < -0.3 is 24.6 Å². The number of rotatable bonds is 8. The van der Waals surface area contributed by atoms with E-state index in [0.29, 0.717) is 25.3 Å². The Morgan fingerprint density at radius 3 is 2.50 bits per heavy atom. The third kappa shape index (κ3) is 5.98. The van der Waals surface area contributed by atoms with E-state index in [9.17, 15) is 9.90 Å². The highest BCUT2D eigenvalue weighted by Gasteiger charge is 2.43. The quantitative estimate of drug-likeness (QED) is 0.400. The van der Waals surface area contributed by atoms with Gasteiger partial charge in [-0.1, -0.05) is 73.5 Å². The summed E-state index contributed by atoms with van der Waals surface area (Å²) in [5.41, 5.74) is 2.45. The van der Waals surface area contributed by atoms with Gasteiger partial charge in [-0.05, 0) is 44.1 Å². The van der Waals surface area contributed by atoms with Crippen LogP contribution in [0, 0.1) is 0 Å². The Kier molecular flexibility index (Phi) is 9.26. The van der Waals surface area contributed by atoms with E-state index >= 15 is 0 Å². The lowest BCUT2D eigenvalue weighted by Gasteiger charge is -2.42. The van der Waals surface area contributed by atoms with Crippen molar-refractivity contribution in [3.63, 3.8) is 0 Å². The maximum Gasteiger partial charge on any atom is 0.275 e. The van der Waals surface area contributed by atoms with Crippen LogP contribution in [-0.4, -0.2) is 69.5 Å². The molecule has 3 fully saturated rings. The lowest BCUT2D eigenvalue weighted by atomic mass is 9.80. The fourth-order valence-corrected chi connectivity index (χ4v) is 6.44. The predicted octanol–water partition coefficient (Wildman–Crippen LogP) is 5.04. The molecule has 40 heavy (non-hydrogen) atoms. The van der Waals surface area contributed by atoms with Gasteiger partial charge in [-0.2, -0.15) is 0 Å². The zero-order valence-electron chi connectivity index (χ0n) is 23.1. The van der Waals surface area contributed by atoms with Crippen LogP contribution in [0.2, 0.25) is 0 Å². The van der Waals surface area contributed by atoms with Crippen molar-refractivity contribution >= 4 is 18.3 Å². The first-order chi connectivity index (χ1) is 19.1. The maximum absolute atomic E-state index is 14.2. The molecule has 2 heterocycles. The number of hydrogen-bond donors (Lipinski definition) is 2. The number of aromatic nitrogens is 2. The molecular formula is C32H41ClN4O3. The average molecular weight is 565 g/mol. The molecule has 0 spiro atoms. The Morgan fingerprint density at radius 1 is 1.02 bits per heavy atom. The van der Waals surface area contributed by atoms with Crippen LogP contribution in [0.3, 0.4) is 0 Å². The molecule has 1 aliphatic heterocycles. The molecule has 3 atom stereocenters. The van der Waals surface area contributed by atoms with Crippen molar-refractivity contribution in [2.45, 2.75) is 75.2 Å². The zero-order chi connectivity index (χ0) is 26.7. The Labute approximate surface area is 243 Å². The molecule has 2 saturated carbocycles. The van der Waals surface area contributed by atoms with Gasteiger partial charge in [0.25, 0.3) is 5.91 Å². The summed E-state index contributed by atoms with van der Waals surface area (Å²) in [7, 11) is 0. The number of amides is 1. The summed E-state index contributed by atoms with van der Waals surface area (Å²) in [6.45, 7) is 2.48. The highest BCUT2D eigenvalue weighted by molar-refractivity contribution is 5.98. The number of aliphatic hydroxyl groups is 1. The summed E-state index contributed by atoms with van der Waals surface area (Å²) in [6, 6.07) is 20.3. The minimum absolute atomic E-state index is 0. The molecule has 214 valence electrons. The largest absolute Gasteiger partial charge is 0.385 e. The van der Waals surface area contributed by atoms with E-state index in [0.717, 1.165) is 62.9 Å². The number of carbonyl (C=O) groups is 1. The van der Waals surface area contributed by atoms with Gasteiger partial charge in [0.15, 0.2) is 5.69 Å². The summed E-state index contributed by atoms with van der Waals surface area (Å²) in [5.74, 6) is -0.0416. The van der Waals surface area contributed by atoms with Gasteiger partial charge in [0.1, 0.15) is 5.60 Å². The number of nitrogens with one attached hydrogen (secondary N) is 1. The monoisotopic (exact) mass is 564 g/mol. The molecule has 8 heteroatoms. The summed E-state index contributed by atoms with van der Waals surface area (Å²) >= 11 is 0. The molecule has 7 nitrogen and oxygen atoms in total. The third-order valence-electron chi connectivity index (χ3n) is 8.88. The Morgan fingerprint density at radius 2 is 1.77 bits per heavy atom. The lowest BCUT2D eigenvalue weighted by molar-refractivity contribution is -0.129. The Balaban J connectivity index is 0.00000323. The van der Waals surface area contributed by atoms with Crippen LogP contribution < -0.4 is 5.32 Å². The Hall–Kier alpha value is -2.71. The van der Waals surface area contributed by atoms with Gasteiger partial charge >= 0.3 is 0 Å². The lowest BCUT2D eigenvalue weighted by Crippen LogP contribution is -2.54. The number of benzene rings is 2. The first-order valence-electron chi connectivity index (χ1n) is 14.6. The van der Waals surface area contributed by atoms with Crippen LogP contribution in [0.15, 0.2) is 67.0 Å². The maximum atomic E-state index is 14.2. The second-order valence-corrected chi connectivity index (χ2v) is 11.5. The molecule has 2 aromatic carbocycles. The standard InChI is InChI=1S/C32H40N4O3.ClH/c37-31(35-19-18-33-21-26(35)20-24-10-3-1-4-11-24)29-30(25-12-5-2-6-13-25)36(23-34-29)28-16-7-8-17-32(28,38)22-39-27-14-9-15-27;/h1-6,10-13,23,26-28,33,38H,7-9,14-22H2;1H/t26-,28?,32?;/m1./s1. The number of imidazole rings is 1. The van der Waals surface area contributed by atoms with Crippen molar-refractivity contribution in [3.8, 4) is 11.3 Å². The minimum atomic E-state index is -0.983. The summed E-state index contributed by atoms with van der Waals surface area (Å²) in [5, 5.41) is 15.4. The van der Waals surface area contributed by atoms with E-state index in [1.807, 2.05) is 53.4 Å². The normalized spacial score (nSPS) is 25.2. The van der Waals surface area contributed by atoms with Crippen LogP contribution in [0.4, 0.5) is 0 Å². The number of carbonyl (C=O) groups excluding carboxylic acids is 1. The van der Waals surface area contributed by atoms with E-state index in [2.05, 4.69) is 22.0 Å². The molecule has 0 radical (unpaired) electrons. The summed E-state index contributed by atoms with van der Waals surface area (Å²) in [4.78, 5) is 21.0. The van der Waals surface area contributed by atoms with Gasteiger partial charge in [0.2, 0.25) is 0 Å². The molecule has 3 aromatic rings. The zero-order valence-corrected chi connectivity index (χ0v) is 23.9. The number of halogens is 1. The molecule has 3 aliphatic rings. The van der Waals surface area contributed by atoms with Gasteiger partial charge in [0, 0.05) is 31.2 Å². The first kappa shape index (κ1) is 28.8. The number of piperazine rings is 1. The van der Waals surface area contributed by atoms with Crippen LogP contribution in [0.1, 0.15) is 67.0 Å². The number of hydrogen-bond acceptors (Lipinski definition) is 5. The van der Waals surface area contributed by atoms with Crippen LogP contribution in [0.5, 0.6) is 0 Å². The highest BCUT2D eigenvalue weighted by Crippen LogP contribution is 2.42. The van der Waals surface area contributed by atoms with E-state index in [1.165, 1.54) is 12.0 Å². The van der Waals surface area contributed by atoms with Gasteiger partial charge in [-0.3, -0.25) is 4.79 Å². The Bertz CT molecular complexity index is 1250. The smallest absolute Gasteiger partial charge is 0.275 e. The molecule has 0 bridgehead atoms. The fourth-order valence-electron chi connectivity index (χ4n) is 6.44. The number of nitrogens with zero attached hydrogens (tertiary/aromatic N) is 3. The van der Waals surface area contributed by atoms with Crippen LogP contribution in [-0.2, 0) is 11.2 Å². The third-order valence-corrected chi connectivity index (χ3v) is 8.88. The van der Waals surface area contributed by atoms with E-state index in [-0.39, 0.29) is 36.5 Å². The predicted molar refractivity (Wildman–Crippen MR) is 159 cm³/mol. The van der Waals surface area contributed by atoms with Crippen LogP contribution in [0.25, 0.3) is 11.3 Å². The molecule has 2 N–H and O–H groups in total. The topological polar surface area (TPSA) is 79.6 Å². The van der Waals surface area contributed by atoms with Crippen molar-refractivity contribution in [3.05, 3.63) is 78.2 Å².